The van der Waals surface area contributed by atoms with Crippen LogP contribution < -0.4 is 4.74 Å². The van der Waals surface area contributed by atoms with E-state index in [1.54, 1.807) is 7.11 Å². The van der Waals surface area contributed by atoms with Crippen molar-refractivity contribution in [3.05, 3.63) is 48.0 Å². The molecule has 0 amide bonds. The zero-order chi connectivity index (χ0) is 16.4. The van der Waals surface area contributed by atoms with Gasteiger partial charge in [0.1, 0.15) is 10.7 Å². The lowest BCUT2D eigenvalue weighted by atomic mass is 9.86. The molecule has 118 valence electrons. The Morgan fingerprint density at radius 2 is 1.70 bits per heavy atom. The summed E-state index contributed by atoms with van der Waals surface area (Å²) in [5.41, 5.74) is 3.26. The van der Waals surface area contributed by atoms with Gasteiger partial charge in [-0.15, -0.1) is 10.2 Å². The number of benzene rings is 1. The number of hydrogen-bond acceptors (Lipinski definition) is 5. The summed E-state index contributed by atoms with van der Waals surface area (Å²) < 4.78 is 5.17. The van der Waals surface area contributed by atoms with Gasteiger partial charge in [0.05, 0.1) is 7.11 Å². The largest absolute Gasteiger partial charge is 0.481 e. The van der Waals surface area contributed by atoms with Crippen LogP contribution in [0.5, 0.6) is 5.88 Å². The van der Waals surface area contributed by atoms with Gasteiger partial charge in [-0.25, -0.2) is 4.98 Å². The van der Waals surface area contributed by atoms with Crippen molar-refractivity contribution < 1.29 is 4.74 Å². The van der Waals surface area contributed by atoms with Crippen LogP contribution in [-0.2, 0) is 5.41 Å². The minimum atomic E-state index is 0.109. The normalized spacial score (nSPS) is 11.5. The zero-order valence-corrected chi connectivity index (χ0v) is 14.5. The molecule has 5 heteroatoms. The van der Waals surface area contributed by atoms with E-state index in [1.165, 1.54) is 16.9 Å². The Morgan fingerprint density at radius 1 is 0.957 bits per heavy atom. The maximum absolute atomic E-state index is 5.17. The van der Waals surface area contributed by atoms with Crippen molar-refractivity contribution in [3.63, 3.8) is 0 Å². The van der Waals surface area contributed by atoms with Crippen LogP contribution in [0, 0.1) is 0 Å². The van der Waals surface area contributed by atoms with Crippen LogP contribution in [0.15, 0.2) is 42.5 Å². The molecule has 3 aromatic rings. The van der Waals surface area contributed by atoms with Gasteiger partial charge < -0.3 is 4.74 Å². The number of nitrogens with zero attached hydrogens (tertiary/aromatic N) is 3. The van der Waals surface area contributed by atoms with Crippen LogP contribution in [0.2, 0.25) is 0 Å². The van der Waals surface area contributed by atoms with Crippen molar-refractivity contribution in [2.45, 2.75) is 26.2 Å². The van der Waals surface area contributed by atoms with E-state index in [2.05, 4.69) is 60.2 Å². The van der Waals surface area contributed by atoms with Gasteiger partial charge in [-0.2, -0.15) is 0 Å². The van der Waals surface area contributed by atoms with E-state index in [0.29, 0.717) is 5.88 Å². The second-order valence-electron chi connectivity index (χ2n) is 6.31. The zero-order valence-electron chi connectivity index (χ0n) is 13.7. The molecule has 2 heterocycles. The molecule has 0 atom stereocenters. The summed E-state index contributed by atoms with van der Waals surface area (Å²) in [5.74, 6) is 0.578. The average molecular weight is 325 g/mol. The van der Waals surface area contributed by atoms with E-state index in [9.17, 15) is 0 Å². The van der Waals surface area contributed by atoms with E-state index in [0.717, 1.165) is 21.3 Å². The van der Waals surface area contributed by atoms with E-state index >= 15 is 0 Å². The molecule has 0 unspecified atom stereocenters. The topological polar surface area (TPSA) is 47.9 Å². The van der Waals surface area contributed by atoms with Crippen molar-refractivity contribution in [1.82, 2.24) is 15.2 Å². The Morgan fingerprint density at radius 3 is 2.43 bits per heavy atom. The summed E-state index contributed by atoms with van der Waals surface area (Å²) in [5, 5.41) is 10.3. The second kappa shape index (κ2) is 6.08. The summed E-state index contributed by atoms with van der Waals surface area (Å²) in [6.45, 7) is 6.62. The highest BCUT2D eigenvalue weighted by molar-refractivity contribution is 7.17. The molecule has 2 aromatic heterocycles. The van der Waals surface area contributed by atoms with E-state index in [4.69, 9.17) is 4.74 Å². The predicted molar refractivity (Wildman–Crippen MR) is 93.8 cm³/mol. The molecule has 0 saturated carbocycles. The van der Waals surface area contributed by atoms with Crippen molar-refractivity contribution in [3.8, 4) is 27.2 Å². The first-order chi connectivity index (χ1) is 11.0. The molecule has 0 spiro atoms. The highest BCUT2D eigenvalue weighted by Gasteiger charge is 2.16. The second-order valence-corrected chi connectivity index (χ2v) is 7.29. The molecule has 23 heavy (non-hydrogen) atoms. The van der Waals surface area contributed by atoms with Crippen LogP contribution >= 0.6 is 11.3 Å². The number of ether oxygens (including phenoxy) is 1. The van der Waals surface area contributed by atoms with Gasteiger partial charge in [-0.05, 0) is 23.1 Å². The Balaban J connectivity index is 1.96. The Kier molecular flexibility index (Phi) is 4.13. The minimum absolute atomic E-state index is 0.109. The van der Waals surface area contributed by atoms with Crippen LogP contribution in [0.25, 0.3) is 21.3 Å². The molecule has 0 fully saturated rings. The maximum Gasteiger partial charge on any atom is 0.213 e. The van der Waals surface area contributed by atoms with Gasteiger partial charge >= 0.3 is 0 Å². The van der Waals surface area contributed by atoms with Crippen molar-refractivity contribution in [2.75, 3.05) is 7.11 Å². The van der Waals surface area contributed by atoms with Gasteiger partial charge in [-0.3, -0.25) is 0 Å². The summed E-state index contributed by atoms with van der Waals surface area (Å²) in [6.07, 6.45) is 0. The SMILES string of the molecule is COc1cccc(-c2nnc(-c3cccc(C(C)(C)C)c3)s2)n1. The fourth-order valence-corrected chi connectivity index (χ4v) is 3.02. The highest BCUT2D eigenvalue weighted by atomic mass is 32.1. The third kappa shape index (κ3) is 3.40. The average Bonchev–Trinajstić information content (AvgIpc) is 3.04. The molecule has 0 aliphatic rings. The maximum atomic E-state index is 5.17. The highest BCUT2D eigenvalue weighted by Crippen LogP contribution is 2.32. The van der Waals surface area contributed by atoms with E-state index in [-0.39, 0.29) is 5.41 Å². The van der Waals surface area contributed by atoms with Crippen LogP contribution in [0.1, 0.15) is 26.3 Å². The molecule has 0 bridgehead atoms. The third-order valence-corrected chi connectivity index (χ3v) is 4.55. The van der Waals surface area contributed by atoms with Crippen LogP contribution in [0.3, 0.4) is 0 Å². The first-order valence-electron chi connectivity index (χ1n) is 7.43. The number of pyridine rings is 1. The van der Waals surface area contributed by atoms with Crippen molar-refractivity contribution >= 4 is 11.3 Å². The van der Waals surface area contributed by atoms with E-state index in [1.807, 2.05) is 18.2 Å². The standard InChI is InChI=1S/C18H19N3OS/c1-18(2,3)13-8-5-7-12(11-13)16-20-21-17(23-16)14-9-6-10-15(19-14)22-4/h5-11H,1-4H3. The first kappa shape index (κ1) is 15.6. The molecule has 0 radical (unpaired) electrons. The Bertz CT molecular complexity index is 821. The predicted octanol–water partition coefficient (Wildman–Crippen LogP) is 4.57. The molecule has 0 aliphatic carbocycles. The monoisotopic (exact) mass is 325 g/mol. The summed E-state index contributed by atoms with van der Waals surface area (Å²) in [7, 11) is 1.61. The van der Waals surface area contributed by atoms with Crippen molar-refractivity contribution in [1.29, 1.82) is 0 Å². The molecule has 1 aromatic carbocycles. The fraction of sp³-hybridized carbons (Fsp3) is 0.278. The fourth-order valence-electron chi connectivity index (χ4n) is 2.21. The lowest BCUT2D eigenvalue weighted by Crippen LogP contribution is -2.10. The molecule has 0 N–H and O–H groups in total. The Hall–Kier alpha value is -2.27. The molecular weight excluding hydrogens is 306 g/mol. The smallest absolute Gasteiger partial charge is 0.213 e. The van der Waals surface area contributed by atoms with Gasteiger partial charge in [0.2, 0.25) is 5.88 Å². The summed E-state index contributed by atoms with van der Waals surface area (Å²) in [4.78, 5) is 4.41. The van der Waals surface area contributed by atoms with Gasteiger partial charge in [0, 0.05) is 11.6 Å². The van der Waals surface area contributed by atoms with Crippen LogP contribution in [-0.4, -0.2) is 22.3 Å². The summed E-state index contributed by atoms with van der Waals surface area (Å²) >= 11 is 1.54. The number of aromatic nitrogens is 3. The minimum Gasteiger partial charge on any atom is -0.481 e. The first-order valence-corrected chi connectivity index (χ1v) is 8.25. The number of methoxy groups -OCH3 is 1. The molecule has 0 saturated heterocycles. The lowest BCUT2D eigenvalue weighted by molar-refractivity contribution is 0.398. The molecule has 4 nitrogen and oxygen atoms in total. The molecule has 3 rings (SSSR count). The van der Waals surface area contributed by atoms with Gasteiger partial charge in [0.15, 0.2) is 5.01 Å². The summed E-state index contributed by atoms with van der Waals surface area (Å²) in [6, 6.07) is 14.1. The van der Waals surface area contributed by atoms with Gasteiger partial charge in [-0.1, -0.05) is 56.4 Å². The lowest BCUT2D eigenvalue weighted by Gasteiger charge is -2.19. The van der Waals surface area contributed by atoms with E-state index < -0.39 is 0 Å². The van der Waals surface area contributed by atoms with Crippen LogP contribution in [0.4, 0.5) is 0 Å². The van der Waals surface area contributed by atoms with Gasteiger partial charge in [0.25, 0.3) is 0 Å². The molecule has 0 aliphatic heterocycles. The Labute approximate surface area is 140 Å². The number of rotatable bonds is 3. The quantitative estimate of drug-likeness (QED) is 0.707. The molecular formula is C18H19N3OS. The van der Waals surface area contributed by atoms with Crippen molar-refractivity contribution in [2.24, 2.45) is 0 Å². The number of hydrogen-bond donors (Lipinski definition) is 0. The third-order valence-electron chi connectivity index (χ3n) is 3.55.